The van der Waals surface area contributed by atoms with E-state index in [4.69, 9.17) is 9.97 Å². The molecule has 6 rings (SSSR count). The van der Waals surface area contributed by atoms with E-state index >= 15 is 0 Å². The molecule has 7 heteroatoms. The topological polar surface area (TPSA) is 94.7 Å². The van der Waals surface area contributed by atoms with E-state index < -0.39 is 5.97 Å². The molecule has 8 bridgehead atoms. The molecule has 0 unspecified atom stereocenters. The van der Waals surface area contributed by atoms with Crippen LogP contribution in [0.15, 0.2) is 72.8 Å². The van der Waals surface area contributed by atoms with E-state index in [0.717, 1.165) is 56.0 Å². The van der Waals surface area contributed by atoms with Gasteiger partial charge >= 0.3 is 5.97 Å². The summed E-state index contributed by atoms with van der Waals surface area (Å²) >= 11 is 0. The van der Waals surface area contributed by atoms with E-state index in [2.05, 4.69) is 16.0 Å². The molecule has 0 spiro atoms. The third-order valence-electron chi connectivity index (χ3n) is 5.61. The Morgan fingerprint density at radius 2 is 1.24 bits per heavy atom. The van der Waals surface area contributed by atoms with Gasteiger partial charge in [0.15, 0.2) is 0 Å². The number of aromatic amines is 2. The standard InChI is InChI=1S/C27H18N4O2.Cu/c32-27(33)17-3-1-16(2-4-17)25-14-24-13-22-8-7-20(29-22)11-18-5-6-19(28-18)12-21-9-10-23(30-21)15-26(25)31-24;/h1-15,28-29H,(H,32,33);. The summed E-state index contributed by atoms with van der Waals surface area (Å²) in [5.74, 6) is -0.946. The fraction of sp³-hybridized carbons (Fsp3) is 0. The number of hydrogen-bond donors (Lipinski definition) is 3. The van der Waals surface area contributed by atoms with Crippen LogP contribution < -0.4 is 0 Å². The van der Waals surface area contributed by atoms with Crippen molar-refractivity contribution in [3.05, 3.63) is 107 Å². The van der Waals surface area contributed by atoms with E-state index in [0.29, 0.717) is 0 Å². The maximum atomic E-state index is 11.2. The average molecular weight is 494 g/mol. The van der Waals surface area contributed by atoms with Gasteiger partial charge in [-0.15, -0.1) is 0 Å². The smallest absolute Gasteiger partial charge is 0.335 e. The minimum absolute atomic E-state index is 0. The Balaban J connectivity index is 0.00000241. The van der Waals surface area contributed by atoms with Crippen LogP contribution >= 0.6 is 0 Å². The summed E-state index contributed by atoms with van der Waals surface area (Å²) in [6.07, 6.45) is 5.95. The number of fused-ring (bicyclic) bond motifs is 8. The quantitative estimate of drug-likeness (QED) is 0.267. The molecule has 4 aromatic rings. The molecular formula is C27H18CuN4O2. The Labute approximate surface area is 205 Å². The minimum atomic E-state index is -0.946. The molecule has 0 saturated heterocycles. The predicted octanol–water partition coefficient (Wildman–Crippen LogP) is 5.77. The molecule has 1 aromatic carbocycles. The number of carbonyl (C=O) groups is 1. The zero-order chi connectivity index (χ0) is 22.4. The van der Waals surface area contributed by atoms with Crippen molar-refractivity contribution in [2.75, 3.05) is 0 Å². The summed E-state index contributed by atoms with van der Waals surface area (Å²) in [5, 5.41) is 9.22. The van der Waals surface area contributed by atoms with Gasteiger partial charge in [0, 0.05) is 44.7 Å². The van der Waals surface area contributed by atoms with Crippen LogP contribution in [0.2, 0.25) is 0 Å². The molecular weight excluding hydrogens is 476 g/mol. The van der Waals surface area contributed by atoms with Crippen molar-refractivity contribution < 1.29 is 27.0 Å². The number of nitrogens with one attached hydrogen (secondary N) is 2. The summed E-state index contributed by atoms with van der Waals surface area (Å²) in [4.78, 5) is 27.6. The van der Waals surface area contributed by atoms with E-state index in [1.807, 2.05) is 72.8 Å². The Hall–Kier alpha value is -4.19. The number of H-pyrrole nitrogens is 2. The first-order valence-electron chi connectivity index (χ1n) is 10.5. The fourth-order valence-corrected chi connectivity index (χ4v) is 4.04. The SMILES string of the molecule is O=C(O)c1ccc(C2=Cc3cc4ccc(cc5ccc(cc6nc(cc2n3)C=C6)[nH]5)[nH]4)cc1.[Cu]. The Morgan fingerprint density at radius 1 is 0.676 bits per heavy atom. The molecule has 5 heterocycles. The molecule has 6 nitrogen and oxygen atoms in total. The van der Waals surface area contributed by atoms with Crippen molar-refractivity contribution in [1.82, 2.24) is 19.9 Å². The zero-order valence-corrected chi connectivity index (χ0v) is 18.7. The summed E-state index contributed by atoms with van der Waals surface area (Å²) in [7, 11) is 0. The maximum absolute atomic E-state index is 11.2. The molecule has 2 aliphatic heterocycles. The number of carboxylic acid groups (broad SMARTS) is 1. The van der Waals surface area contributed by atoms with E-state index in [1.54, 1.807) is 12.1 Å². The largest absolute Gasteiger partial charge is 0.478 e. The summed E-state index contributed by atoms with van der Waals surface area (Å²) in [6.45, 7) is 0. The van der Waals surface area contributed by atoms with Crippen LogP contribution in [-0.2, 0) is 17.1 Å². The average Bonchev–Trinajstić information content (AvgIpc) is 3.59. The second-order valence-corrected chi connectivity index (χ2v) is 7.97. The Bertz CT molecular complexity index is 1640. The van der Waals surface area contributed by atoms with Crippen molar-refractivity contribution in [2.24, 2.45) is 0 Å². The maximum Gasteiger partial charge on any atom is 0.335 e. The van der Waals surface area contributed by atoms with Gasteiger partial charge in [0.1, 0.15) is 0 Å². The number of carboxylic acids is 1. The molecule has 0 atom stereocenters. The fourth-order valence-electron chi connectivity index (χ4n) is 4.04. The summed E-state index contributed by atoms with van der Waals surface area (Å²) in [6, 6.07) is 23.0. The first kappa shape index (κ1) is 21.6. The number of rotatable bonds is 2. The summed E-state index contributed by atoms with van der Waals surface area (Å²) in [5.41, 5.74) is 9.22. The minimum Gasteiger partial charge on any atom is -0.478 e. The van der Waals surface area contributed by atoms with Gasteiger partial charge in [-0.05, 0) is 84.5 Å². The summed E-state index contributed by atoms with van der Waals surface area (Å²) < 4.78 is 0. The normalized spacial score (nSPS) is 12.2. The Kier molecular flexibility index (Phi) is 5.49. The van der Waals surface area contributed by atoms with E-state index in [9.17, 15) is 9.90 Å². The number of aromatic nitrogens is 4. The third kappa shape index (κ3) is 4.22. The molecule has 0 fully saturated rings. The Morgan fingerprint density at radius 3 is 1.85 bits per heavy atom. The van der Waals surface area contributed by atoms with Crippen LogP contribution in [0.3, 0.4) is 0 Å². The van der Waals surface area contributed by atoms with Crippen LogP contribution in [0, 0.1) is 0 Å². The van der Waals surface area contributed by atoms with Crippen molar-refractivity contribution in [1.29, 1.82) is 0 Å². The molecule has 0 aliphatic carbocycles. The molecule has 169 valence electrons. The van der Waals surface area contributed by atoms with Crippen LogP contribution in [-0.4, -0.2) is 31.0 Å². The van der Waals surface area contributed by atoms with Crippen molar-refractivity contribution >= 4 is 51.8 Å². The number of hydrogen-bond acceptors (Lipinski definition) is 3. The van der Waals surface area contributed by atoms with E-state index in [1.165, 1.54) is 0 Å². The van der Waals surface area contributed by atoms with Gasteiger partial charge in [0.05, 0.1) is 28.3 Å². The number of nitrogens with zero attached hydrogens (tertiary/aromatic N) is 2. The molecule has 3 aromatic heterocycles. The van der Waals surface area contributed by atoms with Crippen molar-refractivity contribution in [2.45, 2.75) is 0 Å². The van der Waals surface area contributed by atoms with Gasteiger partial charge in [0.2, 0.25) is 0 Å². The second kappa shape index (κ2) is 8.63. The van der Waals surface area contributed by atoms with E-state index in [-0.39, 0.29) is 22.6 Å². The predicted molar refractivity (Wildman–Crippen MR) is 130 cm³/mol. The second-order valence-electron chi connectivity index (χ2n) is 7.97. The van der Waals surface area contributed by atoms with Gasteiger partial charge in [-0.3, -0.25) is 0 Å². The van der Waals surface area contributed by atoms with Gasteiger partial charge in [-0.2, -0.15) is 0 Å². The molecule has 3 N–H and O–H groups in total. The third-order valence-corrected chi connectivity index (χ3v) is 5.61. The molecule has 34 heavy (non-hydrogen) atoms. The van der Waals surface area contributed by atoms with Crippen molar-refractivity contribution in [3.8, 4) is 0 Å². The zero-order valence-electron chi connectivity index (χ0n) is 17.7. The number of aromatic carboxylic acids is 1. The van der Waals surface area contributed by atoms with Gasteiger partial charge in [-0.25, -0.2) is 14.8 Å². The van der Waals surface area contributed by atoms with Gasteiger partial charge in [-0.1, -0.05) is 12.1 Å². The van der Waals surface area contributed by atoms with Crippen LogP contribution in [0.1, 0.15) is 38.7 Å². The van der Waals surface area contributed by atoms with Crippen LogP contribution in [0.5, 0.6) is 0 Å². The van der Waals surface area contributed by atoms with Crippen molar-refractivity contribution in [3.63, 3.8) is 0 Å². The van der Waals surface area contributed by atoms with Gasteiger partial charge < -0.3 is 15.1 Å². The van der Waals surface area contributed by atoms with Crippen LogP contribution in [0.25, 0.3) is 45.9 Å². The number of benzene rings is 1. The molecule has 1 radical (unpaired) electrons. The first-order valence-corrected chi connectivity index (χ1v) is 10.5. The van der Waals surface area contributed by atoms with Crippen LogP contribution in [0.4, 0.5) is 0 Å². The monoisotopic (exact) mass is 493 g/mol. The molecule has 2 aliphatic rings. The molecule has 0 saturated carbocycles. The molecule has 0 amide bonds. The van der Waals surface area contributed by atoms with Gasteiger partial charge in [0.25, 0.3) is 0 Å². The first-order chi connectivity index (χ1) is 16.1.